The molecule has 0 radical (unpaired) electrons. The van der Waals surface area contributed by atoms with Crippen LogP contribution < -0.4 is 0 Å². The largest absolute Gasteiger partial charge is 0.444 e. The predicted octanol–water partition coefficient (Wildman–Crippen LogP) is 8.27. The number of carbonyl (C=O) groups excluding carboxylic acids is 2. The summed E-state index contributed by atoms with van der Waals surface area (Å²) in [6, 6.07) is 10.1. The summed E-state index contributed by atoms with van der Waals surface area (Å²) in [5, 5.41) is 0. The number of benzene rings is 2. The van der Waals surface area contributed by atoms with Crippen LogP contribution in [0, 0.1) is 17.7 Å². The van der Waals surface area contributed by atoms with Crippen molar-refractivity contribution in [3.63, 3.8) is 0 Å². The molecule has 4 aromatic rings. The molecule has 2 amide bonds. The van der Waals surface area contributed by atoms with Crippen LogP contribution in [0.25, 0.3) is 22.3 Å². The van der Waals surface area contributed by atoms with Gasteiger partial charge in [-0.3, -0.25) is 9.80 Å². The second-order valence-electron chi connectivity index (χ2n) is 14.2. The quantitative estimate of drug-likeness (QED) is 0.202. The van der Waals surface area contributed by atoms with Crippen molar-refractivity contribution < 1.29 is 23.5 Å². The van der Waals surface area contributed by atoms with Crippen molar-refractivity contribution in [3.05, 3.63) is 71.2 Å². The van der Waals surface area contributed by atoms with Crippen LogP contribution in [0.2, 0.25) is 0 Å². The van der Waals surface area contributed by atoms with E-state index in [1.165, 1.54) is 6.07 Å². The fraction of sp³-hybridized carbons (Fsp3) is 0.459. The molecule has 10 nitrogen and oxygen atoms in total. The number of nitrogens with one attached hydrogen (secondary N) is 2. The van der Waals surface area contributed by atoms with Crippen LogP contribution in [0.4, 0.5) is 14.0 Å². The third-order valence-corrected chi connectivity index (χ3v) is 7.85. The summed E-state index contributed by atoms with van der Waals surface area (Å²) in [7, 11) is 0. The minimum Gasteiger partial charge on any atom is -0.444 e. The first-order chi connectivity index (χ1) is 22.6. The molecule has 11 heteroatoms. The van der Waals surface area contributed by atoms with Crippen molar-refractivity contribution in [2.24, 2.45) is 0 Å². The van der Waals surface area contributed by atoms with Gasteiger partial charge in [-0.2, -0.15) is 0 Å². The van der Waals surface area contributed by atoms with E-state index in [1.54, 1.807) is 15.9 Å². The number of ether oxygens (including phenoxy) is 2. The number of rotatable bonds is 6. The third kappa shape index (κ3) is 8.16. The summed E-state index contributed by atoms with van der Waals surface area (Å²) in [5.41, 5.74) is 2.39. The molecule has 1 fully saturated rings. The van der Waals surface area contributed by atoms with Crippen molar-refractivity contribution in [2.75, 3.05) is 13.1 Å². The van der Waals surface area contributed by atoms with Gasteiger partial charge in [0.1, 0.15) is 34.2 Å². The first-order valence-corrected chi connectivity index (χ1v) is 16.5. The van der Waals surface area contributed by atoms with E-state index < -0.39 is 29.2 Å². The molecule has 1 aliphatic heterocycles. The third-order valence-electron chi connectivity index (χ3n) is 7.85. The van der Waals surface area contributed by atoms with E-state index >= 15 is 4.39 Å². The molecule has 2 aromatic heterocycles. The van der Waals surface area contributed by atoms with Crippen molar-refractivity contribution in [2.45, 2.75) is 97.9 Å². The lowest BCUT2D eigenvalue weighted by molar-refractivity contribution is 0.0165. The molecular weight excluding hydrogens is 611 g/mol. The molecule has 0 bridgehead atoms. The molecule has 0 saturated carbocycles. The average Bonchev–Trinajstić information content (AvgIpc) is 3.77. The number of halogens is 1. The second kappa shape index (κ2) is 13.7. The van der Waals surface area contributed by atoms with E-state index in [1.807, 2.05) is 85.9 Å². The normalized spacial score (nSPS) is 15.6. The van der Waals surface area contributed by atoms with Crippen molar-refractivity contribution in [3.8, 4) is 23.1 Å². The molecule has 2 atom stereocenters. The Morgan fingerprint density at radius 1 is 1.04 bits per heavy atom. The van der Waals surface area contributed by atoms with Crippen LogP contribution in [0.15, 0.2) is 42.6 Å². The number of fused-ring (bicyclic) bond motifs is 1. The highest BCUT2D eigenvalue weighted by atomic mass is 19.1. The summed E-state index contributed by atoms with van der Waals surface area (Å²) in [6.45, 7) is 16.0. The zero-order valence-corrected chi connectivity index (χ0v) is 29.0. The number of carbonyl (C=O) groups is 2. The van der Waals surface area contributed by atoms with Gasteiger partial charge < -0.3 is 19.4 Å². The van der Waals surface area contributed by atoms with Gasteiger partial charge in [0.25, 0.3) is 0 Å². The number of aromatic nitrogens is 4. The van der Waals surface area contributed by atoms with E-state index in [9.17, 15) is 9.59 Å². The number of amides is 2. The lowest BCUT2D eigenvalue weighted by Gasteiger charge is -2.30. The Hall–Kier alpha value is -4.85. The summed E-state index contributed by atoms with van der Waals surface area (Å²) in [5.74, 6) is 6.89. The maximum atomic E-state index is 15.2. The molecular formula is C37H45FN6O4. The first-order valence-electron chi connectivity index (χ1n) is 16.5. The van der Waals surface area contributed by atoms with Gasteiger partial charge in [-0.1, -0.05) is 30.9 Å². The fourth-order valence-electron chi connectivity index (χ4n) is 5.63. The summed E-state index contributed by atoms with van der Waals surface area (Å²) in [4.78, 5) is 44.7. The van der Waals surface area contributed by atoms with Crippen LogP contribution in [-0.2, 0) is 9.47 Å². The summed E-state index contributed by atoms with van der Waals surface area (Å²) >= 11 is 0. The second-order valence-corrected chi connectivity index (χ2v) is 14.2. The van der Waals surface area contributed by atoms with Gasteiger partial charge in [0, 0.05) is 36.0 Å². The monoisotopic (exact) mass is 656 g/mol. The minimum absolute atomic E-state index is 0.162. The minimum atomic E-state index is -0.638. The first kappa shape index (κ1) is 34.5. The molecule has 0 spiro atoms. The van der Waals surface area contributed by atoms with E-state index in [0.29, 0.717) is 30.0 Å². The van der Waals surface area contributed by atoms with Gasteiger partial charge >= 0.3 is 12.2 Å². The molecule has 5 rings (SSSR count). The number of likely N-dealkylation sites (tertiary alicyclic amines) is 1. The van der Waals surface area contributed by atoms with E-state index in [-0.39, 0.29) is 17.7 Å². The zero-order chi connectivity index (χ0) is 34.8. The molecule has 2 aromatic carbocycles. The lowest BCUT2D eigenvalue weighted by atomic mass is 10.1. The molecule has 2 N–H and O–H groups in total. The fourth-order valence-corrected chi connectivity index (χ4v) is 5.63. The number of imidazole rings is 2. The summed E-state index contributed by atoms with van der Waals surface area (Å²) in [6.07, 6.45) is 3.50. The van der Waals surface area contributed by atoms with E-state index in [4.69, 9.17) is 14.5 Å². The van der Waals surface area contributed by atoms with Gasteiger partial charge in [-0.15, -0.1) is 0 Å². The Morgan fingerprint density at radius 2 is 1.73 bits per heavy atom. The average molecular weight is 657 g/mol. The maximum absolute atomic E-state index is 15.2. The van der Waals surface area contributed by atoms with Crippen LogP contribution in [0.1, 0.15) is 110 Å². The van der Waals surface area contributed by atoms with Crippen LogP contribution in [0.5, 0.6) is 0 Å². The van der Waals surface area contributed by atoms with Crippen LogP contribution in [0.3, 0.4) is 0 Å². The SMILES string of the molecule is CCCN(C(=O)OC(C)(C)C)C(C)c1nc2cc(C#Cc3ccc(-c4c[nH]c([C@@H]5CCCN5C(=O)OC(C)(C)C)n4)cc3)cc(F)c2[nH]1. The van der Waals surface area contributed by atoms with E-state index in [2.05, 4.69) is 26.8 Å². The molecule has 1 saturated heterocycles. The number of aromatic amines is 2. The van der Waals surface area contributed by atoms with Gasteiger partial charge in [0.05, 0.1) is 23.3 Å². The Labute approximate surface area is 281 Å². The number of hydrogen-bond acceptors (Lipinski definition) is 6. The number of hydrogen-bond donors (Lipinski definition) is 2. The Morgan fingerprint density at radius 3 is 2.40 bits per heavy atom. The smallest absolute Gasteiger partial charge is 0.410 e. The Balaban J connectivity index is 1.29. The van der Waals surface area contributed by atoms with E-state index in [0.717, 1.165) is 41.9 Å². The lowest BCUT2D eigenvalue weighted by Crippen LogP contribution is -2.39. The number of nitrogens with zero attached hydrogens (tertiary/aromatic N) is 4. The van der Waals surface area contributed by atoms with Gasteiger partial charge in [-0.05, 0) is 92.0 Å². The van der Waals surface area contributed by atoms with Crippen molar-refractivity contribution in [1.29, 1.82) is 0 Å². The van der Waals surface area contributed by atoms with Gasteiger partial charge in [-0.25, -0.2) is 23.9 Å². The van der Waals surface area contributed by atoms with Crippen LogP contribution in [-0.4, -0.2) is 66.2 Å². The Kier molecular flexibility index (Phi) is 9.85. The highest BCUT2D eigenvalue weighted by Crippen LogP contribution is 2.33. The Bertz CT molecular complexity index is 1840. The topological polar surface area (TPSA) is 116 Å². The predicted molar refractivity (Wildman–Crippen MR) is 183 cm³/mol. The standard InChI is InChI=1S/C37H45FN6O4/c1-9-18-43(34(45)47-36(3,4)5)23(2)32-40-28-21-25(20-27(38)31(28)42-32)13-12-24-14-16-26(17-15-24)29-22-39-33(41-29)30-11-10-19-44(30)35(46)48-37(6,7)8/h14-17,20-23,30H,9-11,18-19H2,1-8H3,(H,39,41)(H,40,42)/t23?,30-/m0/s1. The maximum Gasteiger partial charge on any atom is 0.410 e. The molecule has 0 aliphatic carbocycles. The molecule has 1 unspecified atom stereocenters. The van der Waals surface area contributed by atoms with Gasteiger partial charge in [0.2, 0.25) is 0 Å². The highest BCUT2D eigenvalue weighted by Gasteiger charge is 2.35. The zero-order valence-electron chi connectivity index (χ0n) is 29.0. The summed E-state index contributed by atoms with van der Waals surface area (Å²) < 4.78 is 26.4. The van der Waals surface area contributed by atoms with Crippen LogP contribution >= 0.6 is 0 Å². The van der Waals surface area contributed by atoms with Crippen molar-refractivity contribution in [1.82, 2.24) is 29.7 Å². The molecule has 3 heterocycles. The highest BCUT2D eigenvalue weighted by molar-refractivity contribution is 5.78. The van der Waals surface area contributed by atoms with Gasteiger partial charge in [0.15, 0.2) is 0 Å². The number of H-pyrrole nitrogens is 2. The molecule has 48 heavy (non-hydrogen) atoms. The van der Waals surface area contributed by atoms with Crippen molar-refractivity contribution >= 4 is 23.2 Å². The molecule has 1 aliphatic rings. The molecule has 254 valence electrons.